The van der Waals surface area contributed by atoms with Gasteiger partial charge in [-0.3, -0.25) is 9.78 Å². The van der Waals surface area contributed by atoms with Crippen LogP contribution in [-0.2, 0) is 14.3 Å². The first-order valence-electron chi connectivity index (χ1n) is 12.4. The highest BCUT2D eigenvalue weighted by Crippen LogP contribution is 2.39. The van der Waals surface area contributed by atoms with Crippen molar-refractivity contribution in [1.29, 1.82) is 0 Å². The molecule has 39 heavy (non-hydrogen) atoms. The molecular formula is C27H31F2N5O4S. The number of rotatable bonds is 11. The van der Waals surface area contributed by atoms with Crippen LogP contribution in [0.15, 0.2) is 54.4 Å². The third-order valence-corrected chi connectivity index (χ3v) is 7.16. The summed E-state index contributed by atoms with van der Waals surface area (Å²) in [6, 6.07) is 6.76. The number of nitrogens with one attached hydrogen (secondary N) is 4. The maximum absolute atomic E-state index is 14.4. The van der Waals surface area contributed by atoms with Crippen LogP contribution in [0.1, 0.15) is 10.9 Å². The second kappa shape index (κ2) is 14.0. The zero-order valence-corrected chi connectivity index (χ0v) is 22.4. The van der Waals surface area contributed by atoms with Crippen molar-refractivity contribution in [3.05, 3.63) is 70.9 Å². The fourth-order valence-electron chi connectivity index (χ4n) is 3.73. The highest BCUT2D eigenvalue weighted by atomic mass is 32.1. The Morgan fingerprint density at radius 3 is 2.72 bits per heavy atom. The van der Waals surface area contributed by atoms with E-state index in [-0.39, 0.29) is 23.5 Å². The number of anilines is 1. The first-order valence-corrected chi connectivity index (χ1v) is 13.2. The molecule has 1 atom stereocenters. The maximum atomic E-state index is 14.4. The first kappa shape index (κ1) is 28.4. The molecule has 0 bridgehead atoms. The van der Waals surface area contributed by atoms with E-state index < -0.39 is 11.6 Å². The van der Waals surface area contributed by atoms with Gasteiger partial charge >= 0.3 is 0 Å². The average Bonchev–Trinajstić information content (AvgIpc) is 3.38. The summed E-state index contributed by atoms with van der Waals surface area (Å²) in [6.45, 7) is 3.57. The Balaban J connectivity index is 0.000000438. The number of fused-ring (bicyclic) bond motifs is 1. The van der Waals surface area contributed by atoms with E-state index in [4.69, 9.17) is 14.2 Å². The largest absolute Gasteiger partial charge is 0.453 e. The van der Waals surface area contributed by atoms with Crippen molar-refractivity contribution < 1.29 is 27.8 Å². The van der Waals surface area contributed by atoms with Crippen molar-refractivity contribution in [2.45, 2.75) is 12.1 Å². The Hall–Kier alpha value is -3.58. The molecular weight excluding hydrogens is 528 g/mol. The van der Waals surface area contributed by atoms with Gasteiger partial charge in [0.05, 0.1) is 47.8 Å². The molecule has 9 nitrogen and oxygen atoms in total. The lowest BCUT2D eigenvalue weighted by atomic mass is 10.1. The molecule has 2 aromatic heterocycles. The number of aromatic nitrogens is 1. The van der Waals surface area contributed by atoms with Gasteiger partial charge in [0, 0.05) is 50.6 Å². The van der Waals surface area contributed by atoms with E-state index in [1.54, 1.807) is 19.4 Å². The van der Waals surface area contributed by atoms with Gasteiger partial charge in [0.15, 0.2) is 11.6 Å². The molecule has 12 heteroatoms. The zero-order valence-electron chi connectivity index (χ0n) is 21.6. The molecule has 1 fully saturated rings. The summed E-state index contributed by atoms with van der Waals surface area (Å²) in [5, 5.41) is 11.9. The fourth-order valence-corrected chi connectivity index (χ4v) is 4.84. The number of dihydropyridines is 1. The summed E-state index contributed by atoms with van der Waals surface area (Å²) >= 11 is 1.50. The van der Waals surface area contributed by atoms with E-state index in [1.165, 1.54) is 30.5 Å². The van der Waals surface area contributed by atoms with Crippen LogP contribution in [0.5, 0.6) is 11.5 Å². The highest BCUT2D eigenvalue weighted by molar-refractivity contribution is 7.19. The Bertz CT molecular complexity index is 1330. The zero-order chi connectivity index (χ0) is 27.6. The van der Waals surface area contributed by atoms with E-state index in [1.807, 2.05) is 12.3 Å². The molecule has 0 saturated carbocycles. The minimum Gasteiger partial charge on any atom is -0.453 e. The monoisotopic (exact) mass is 559 g/mol. The van der Waals surface area contributed by atoms with Crippen molar-refractivity contribution >= 4 is 33.7 Å². The number of amides is 1. The summed E-state index contributed by atoms with van der Waals surface area (Å²) in [5.41, 5.74) is 1.95. The predicted molar refractivity (Wildman–Crippen MR) is 147 cm³/mol. The topological polar surface area (TPSA) is 106 Å². The molecule has 0 aliphatic carbocycles. The SMILES string of the molecule is CNc1ccc(Oc2ccnc3cc(C4C=CC(CNCCOC)=CN4)sc23)c(F)c1F.O=CNC1COC1. The normalized spacial score (nSPS) is 16.4. The molecule has 4 N–H and O–H groups in total. The van der Waals surface area contributed by atoms with Gasteiger partial charge < -0.3 is 35.5 Å². The van der Waals surface area contributed by atoms with E-state index >= 15 is 0 Å². The van der Waals surface area contributed by atoms with Crippen molar-refractivity contribution in [2.24, 2.45) is 0 Å². The third kappa shape index (κ3) is 7.30. The van der Waals surface area contributed by atoms with Gasteiger partial charge in [-0.05, 0) is 23.8 Å². The lowest BCUT2D eigenvalue weighted by Crippen LogP contribution is -2.45. The minimum atomic E-state index is -1.03. The molecule has 208 valence electrons. The molecule has 1 saturated heterocycles. The van der Waals surface area contributed by atoms with Crippen LogP contribution in [0.25, 0.3) is 10.2 Å². The number of hydrogen-bond acceptors (Lipinski definition) is 9. The molecule has 3 aromatic rings. The van der Waals surface area contributed by atoms with Gasteiger partial charge in [-0.2, -0.15) is 4.39 Å². The lowest BCUT2D eigenvalue weighted by Gasteiger charge is -2.24. The van der Waals surface area contributed by atoms with E-state index in [9.17, 15) is 13.6 Å². The van der Waals surface area contributed by atoms with Gasteiger partial charge in [-0.1, -0.05) is 12.2 Å². The second-order valence-electron chi connectivity index (χ2n) is 8.67. The highest BCUT2D eigenvalue weighted by Gasteiger charge is 2.19. The van der Waals surface area contributed by atoms with Gasteiger partial charge in [0.25, 0.3) is 0 Å². The van der Waals surface area contributed by atoms with Gasteiger partial charge in [0.1, 0.15) is 5.75 Å². The van der Waals surface area contributed by atoms with Crippen molar-refractivity contribution in [3.63, 3.8) is 0 Å². The molecule has 1 unspecified atom stereocenters. The maximum Gasteiger partial charge on any atom is 0.207 e. The van der Waals surface area contributed by atoms with Crippen LogP contribution in [0.4, 0.5) is 14.5 Å². The van der Waals surface area contributed by atoms with Crippen molar-refractivity contribution in [1.82, 2.24) is 20.9 Å². The van der Waals surface area contributed by atoms with Crippen molar-refractivity contribution in [2.75, 3.05) is 52.4 Å². The van der Waals surface area contributed by atoms with Crippen LogP contribution in [0, 0.1) is 11.6 Å². The summed E-state index contributed by atoms with van der Waals surface area (Å²) in [7, 11) is 3.21. The van der Waals surface area contributed by atoms with E-state index in [2.05, 4.69) is 38.4 Å². The molecule has 4 heterocycles. The molecule has 1 amide bonds. The summed E-state index contributed by atoms with van der Waals surface area (Å²) < 4.78 is 44.8. The van der Waals surface area contributed by atoms with E-state index in [0.29, 0.717) is 32.0 Å². The summed E-state index contributed by atoms with van der Waals surface area (Å²) in [6.07, 6.45) is 8.45. The third-order valence-electron chi connectivity index (χ3n) is 5.94. The number of ether oxygens (including phenoxy) is 3. The van der Waals surface area contributed by atoms with E-state index in [0.717, 1.165) is 33.8 Å². The molecule has 0 spiro atoms. The molecule has 2 aliphatic rings. The standard InChI is InChI=1S/C23H24F2N4O2S.C4H7NO2/c1-26-16-5-6-18(22(25)21(16)24)31-19-7-8-28-17-11-20(32-23(17)19)15-4-3-14(13-29-15)12-27-9-10-30-2;6-3-5-4-1-7-2-4/h3-8,11,13,15,26-27,29H,9-10,12H2,1-2H3;3-4H,1-2H2,(H,5,6). The Morgan fingerprint density at radius 1 is 1.23 bits per heavy atom. The number of hydrogen-bond donors (Lipinski definition) is 4. The smallest absolute Gasteiger partial charge is 0.207 e. The van der Waals surface area contributed by atoms with Gasteiger partial charge in [0.2, 0.25) is 12.2 Å². The molecule has 1 aromatic carbocycles. The van der Waals surface area contributed by atoms with Crippen LogP contribution < -0.4 is 26.0 Å². The lowest BCUT2D eigenvalue weighted by molar-refractivity contribution is -0.113. The number of methoxy groups -OCH3 is 1. The number of thiophene rings is 1. The first-order chi connectivity index (χ1) is 19.0. The Labute approximate surface area is 229 Å². The summed E-state index contributed by atoms with van der Waals surface area (Å²) in [4.78, 5) is 15.1. The fraction of sp³-hybridized carbons (Fsp3) is 0.333. The van der Waals surface area contributed by atoms with Crippen LogP contribution >= 0.6 is 11.3 Å². The number of carbonyl (C=O) groups is 1. The Morgan fingerprint density at radius 2 is 2.08 bits per heavy atom. The number of pyridine rings is 1. The number of nitrogens with zero attached hydrogens (tertiary/aromatic N) is 1. The van der Waals surface area contributed by atoms with Gasteiger partial charge in [-0.25, -0.2) is 4.39 Å². The number of benzene rings is 1. The molecule has 2 aliphatic heterocycles. The number of halogens is 2. The van der Waals surface area contributed by atoms with Crippen LogP contribution in [-0.4, -0.2) is 64.5 Å². The quantitative estimate of drug-likeness (QED) is 0.207. The van der Waals surface area contributed by atoms with Crippen LogP contribution in [0.2, 0.25) is 0 Å². The van der Waals surface area contributed by atoms with Crippen LogP contribution in [0.3, 0.4) is 0 Å². The van der Waals surface area contributed by atoms with Gasteiger partial charge in [-0.15, -0.1) is 11.3 Å². The Kier molecular flexibility index (Phi) is 10.2. The summed E-state index contributed by atoms with van der Waals surface area (Å²) in [5.74, 6) is -1.75. The minimum absolute atomic E-state index is 0.00568. The number of carbonyl (C=O) groups excluding carboxylic acids is 1. The average molecular weight is 560 g/mol. The molecule has 5 rings (SSSR count). The second-order valence-corrected chi connectivity index (χ2v) is 9.76. The molecule has 0 radical (unpaired) electrons. The predicted octanol–water partition coefficient (Wildman–Crippen LogP) is 3.86. The van der Waals surface area contributed by atoms with Crippen molar-refractivity contribution in [3.8, 4) is 11.5 Å².